The summed E-state index contributed by atoms with van der Waals surface area (Å²) in [5, 5.41) is 3.09. The zero-order chi connectivity index (χ0) is 18.8. The van der Waals surface area contributed by atoms with Gasteiger partial charge in [0.05, 0.1) is 6.61 Å². The second-order valence-corrected chi connectivity index (χ2v) is 7.40. The summed E-state index contributed by atoms with van der Waals surface area (Å²) in [5.41, 5.74) is 1.05. The summed E-state index contributed by atoms with van der Waals surface area (Å²) in [5.74, 6) is 0.376. The standard InChI is InChI=1S/C20H25N3O4/c1-13-3-2-4-18-21-11-15(20(25)23(13)18)19(24)22-17-7-10-27-12-16(17)14-5-8-26-9-6-14/h2-4,11,14,16-17H,5-10,12H2,1H3,(H,22,24)/t16-,17-/m0/s1. The molecule has 144 valence electrons. The molecule has 0 spiro atoms. The van der Waals surface area contributed by atoms with Crippen LogP contribution in [0, 0.1) is 18.8 Å². The highest BCUT2D eigenvalue weighted by molar-refractivity contribution is 5.94. The fraction of sp³-hybridized carbons (Fsp3) is 0.550. The summed E-state index contributed by atoms with van der Waals surface area (Å²) in [6, 6.07) is 5.44. The van der Waals surface area contributed by atoms with E-state index in [1.807, 2.05) is 19.1 Å². The Morgan fingerprint density at radius 3 is 2.78 bits per heavy atom. The average molecular weight is 371 g/mol. The molecule has 1 N–H and O–H groups in total. The highest BCUT2D eigenvalue weighted by Crippen LogP contribution is 2.30. The van der Waals surface area contributed by atoms with Crippen molar-refractivity contribution in [2.45, 2.75) is 32.2 Å². The van der Waals surface area contributed by atoms with Crippen molar-refractivity contribution < 1.29 is 14.3 Å². The zero-order valence-corrected chi connectivity index (χ0v) is 15.5. The number of fused-ring (bicyclic) bond motifs is 1. The molecular weight excluding hydrogens is 346 g/mol. The molecule has 7 nitrogen and oxygen atoms in total. The van der Waals surface area contributed by atoms with Crippen LogP contribution in [0.15, 0.2) is 29.2 Å². The van der Waals surface area contributed by atoms with Gasteiger partial charge >= 0.3 is 0 Å². The largest absolute Gasteiger partial charge is 0.381 e. The maximum Gasteiger partial charge on any atom is 0.270 e. The second-order valence-electron chi connectivity index (χ2n) is 7.40. The van der Waals surface area contributed by atoms with Crippen LogP contribution in [0.5, 0.6) is 0 Å². The minimum absolute atomic E-state index is 0.00585. The first-order valence-corrected chi connectivity index (χ1v) is 9.59. The highest BCUT2D eigenvalue weighted by atomic mass is 16.5. The minimum Gasteiger partial charge on any atom is -0.381 e. The Morgan fingerprint density at radius 1 is 1.19 bits per heavy atom. The lowest BCUT2D eigenvalue weighted by molar-refractivity contribution is -0.0259. The molecular formula is C20H25N3O4. The van der Waals surface area contributed by atoms with Gasteiger partial charge in [-0.15, -0.1) is 0 Å². The predicted molar refractivity (Wildman–Crippen MR) is 99.9 cm³/mol. The van der Waals surface area contributed by atoms with Crippen molar-refractivity contribution in [2.24, 2.45) is 11.8 Å². The molecule has 4 heterocycles. The number of rotatable bonds is 3. The quantitative estimate of drug-likeness (QED) is 0.886. The van der Waals surface area contributed by atoms with E-state index in [1.54, 1.807) is 6.07 Å². The molecule has 2 aliphatic rings. The number of hydrogen-bond acceptors (Lipinski definition) is 5. The molecule has 7 heteroatoms. The predicted octanol–water partition coefficient (Wildman–Crippen LogP) is 1.56. The number of pyridine rings is 1. The number of aromatic nitrogens is 2. The fourth-order valence-electron chi connectivity index (χ4n) is 4.22. The van der Waals surface area contributed by atoms with Crippen molar-refractivity contribution >= 4 is 11.6 Å². The first-order chi connectivity index (χ1) is 13.1. The molecule has 2 fully saturated rings. The van der Waals surface area contributed by atoms with Crippen molar-refractivity contribution in [1.29, 1.82) is 0 Å². The van der Waals surface area contributed by atoms with Crippen molar-refractivity contribution in [3.8, 4) is 0 Å². The SMILES string of the molecule is Cc1cccc2ncc(C(=O)N[C@H]3CCOC[C@H]3C3CCOCC3)c(=O)n12. The van der Waals surface area contributed by atoms with Crippen molar-refractivity contribution in [2.75, 3.05) is 26.4 Å². The van der Waals surface area contributed by atoms with Crippen LogP contribution in [0.25, 0.3) is 5.65 Å². The van der Waals surface area contributed by atoms with Gasteiger partial charge in [0.15, 0.2) is 0 Å². The zero-order valence-electron chi connectivity index (χ0n) is 15.5. The summed E-state index contributed by atoms with van der Waals surface area (Å²) >= 11 is 0. The Labute approximate surface area is 157 Å². The summed E-state index contributed by atoms with van der Waals surface area (Å²) < 4.78 is 12.6. The maximum atomic E-state index is 12.9. The minimum atomic E-state index is -0.353. The van der Waals surface area contributed by atoms with E-state index in [-0.39, 0.29) is 29.0 Å². The smallest absolute Gasteiger partial charge is 0.270 e. The monoisotopic (exact) mass is 371 g/mol. The number of carbonyl (C=O) groups is 1. The first-order valence-electron chi connectivity index (χ1n) is 9.59. The van der Waals surface area contributed by atoms with Crippen molar-refractivity contribution in [3.63, 3.8) is 0 Å². The van der Waals surface area contributed by atoms with Crippen LogP contribution in [0.1, 0.15) is 35.3 Å². The molecule has 4 rings (SSSR count). The number of carbonyl (C=O) groups excluding carboxylic acids is 1. The van der Waals surface area contributed by atoms with Crippen LogP contribution in [-0.4, -0.2) is 47.8 Å². The van der Waals surface area contributed by atoms with Crippen molar-refractivity contribution in [1.82, 2.24) is 14.7 Å². The van der Waals surface area contributed by atoms with E-state index in [0.717, 1.165) is 38.2 Å². The number of nitrogens with one attached hydrogen (secondary N) is 1. The van der Waals surface area contributed by atoms with E-state index in [4.69, 9.17) is 9.47 Å². The molecule has 0 aromatic carbocycles. The van der Waals surface area contributed by atoms with Gasteiger partial charge in [0, 0.05) is 43.7 Å². The molecule has 0 bridgehead atoms. The Kier molecular flexibility index (Phi) is 5.22. The van der Waals surface area contributed by atoms with Gasteiger partial charge in [0.25, 0.3) is 11.5 Å². The van der Waals surface area contributed by atoms with E-state index >= 15 is 0 Å². The molecule has 2 atom stereocenters. The Hall–Kier alpha value is -2.25. The molecule has 0 aliphatic carbocycles. The fourth-order valence-corrected chi connectivity index (χ4v) is 4.22. The number of aryl methyl sites for hydroxylation is 1. The topological polar surface area (TPSA) is 81.9 Å². The number of nitrogens with zero attached hydrogens (tertiary/aromatic N) is 2. The average Bonchev–Trinajstić information content (AvgIpc) is 2.69. The van der Waals surface area contributed by atoms with Crippen LogP contribution in [-0.2, 0) is 9.47 Å². The summed E-state index contributed by atoms with van der Waals surface area (Å²) in [4.78, 5) is 30.0. The Balaban J connectivity index is 1.57. The van der Waals surface area contributed by atoms with Gasteiger partial charge in [0.2, 0.25) is 0 Å². The van der Waals surface area contributed by atoms with Gasteiger partial charge in [0.1, 0.15) is 11.2 Å². The van der Waals surface area contributed by atoms with Crippen LogP contribution >= 0.6 is 0 Å². The summed E-state index contributed by atoms with van der Waals surface area (Å²) in [7, 11) is 0. The Morgan fingerprint density at radius 2 is 1.96 bits per heavy atom. The molecule has 0 unspecified atom stereocenters. The van der Waals surface area contributed by atoms with E-state index in [0.29, 0.717) is 24.8 Å². The molecule has 1 amide bonds. The lowest BCUT2D eigenvalue weighted by atomic mass is 9.79. The second kappa shape index (κ2) is 7.78. The molecule has 0 saturated carbocycles. The maximum absolute atomic E-state index is 12.9. The van der Waals surface area contributed by atoms with Gasteiger partial charge in [-0.2, -0.15) is 0 Å². The Bertz CT molecular complexity index is 888. The van der Waals surface area contributed by atoms with Crippen LogP contribution in [0.3, 0.4) is 0 Å². The van der Waals surface area contributed by atoms with E-state index < -0.39 is 0 Å². The molecule has 2 aromatic rings. The molecule has 2 aromatic heterocycles. The molecule has 2 aliphatic heterocycles. The van der Waals surface area contributed by atoms with Crippen LogP contribution in [0.2, 0.25) is 0 Å². The number of ether oxygens (including phenoxy) is 2. The normalized spacial score (nSPS) is 24.0. The number of hydrogen-bond donors (Lipinski definition) is 1. The number of amides is 1. The van der Waals surface area contributed by atoms with Gasteiger partial charge in [-0.3, -0.25) is 14.0 Å². The van der Waals surface area contributed by atoms with Crippen molar-refractivity contribution in [3.05, 3.63) is 46.0 Å². The summed E-state index contributed by atoms with van der Waals surface area (Å²) in [6.45, 7) is 4.62. The lowest BCUT2D eigenvalue weighted by Gasteiger charge is -2.38. The van der Waals surface area contributed by atoms with E-state index in [2.05, 4.69) is 10.3 Å². The third-order valence-corrected chi connectivity index (χ3v) is 5.76. The molecule has 27 heavy (non-hydrogen) atoms. The lowest BCUT2D eigenvalue weighted by Crippen LogP contribution is -2.50. The third kappa shape index (κ3) is 3.61. The first kappa shape index (κ1) is 18.1. The van der Waals surface area contributed by atoms with Crippen LogP contribution < -0.4 is 10.9 Å². The molecule has 2 saturated heterocycles. The van der Waals surface area contributed by atoms with Gasteiger partial charge in [-0.25, -0.2) is 4.98 Å². The van der Waals surface area contributed by atoms with Gasteiger partial charge < -0.3 is 14.8 Å². The van der Waals surface area contributed by atoms with E-state index in [9.17, 15) is 9.59 Å². The summed E-state index contributed by atoms with van der Waals surface area (Å²) in [6.07, 6.45) is 4.11. The van der Waals surface area contributed by atoms with Gasteiger partial charge in [-0.05, 0) is 44.2 Å². The van der Waals surface area contributed by atoms with Gasteiger partial charge in [-0.1, -0.05) is 6.07 Å². The molecule has 0 radical (unpaired) electrons. The van der Waals surface area contributed by atoms with Crippen LogP contribution in [0.4, 0.5) is 0 Å². The third-order valence-electron chi connectivity index (χ3n) is 5.76. The highest BCUT2D eigenvalue weighted by Gasteiger charge is 2.34. The van der Waals surface area contributed by atoms with E-state index in [1.165, 1.54) is 10.6 Å².